The summed E-state index contributed by atoms with van der Waals surface area (Å²) in [5.41, 5.74) is 0.347. The van der Waals surface area contributed by atoms with Crippen LogP contribution in [0.15, 0.2) is 12.1 Å². The molecule has 1 rings (SSSR count). The summed E-state index contributed by atoms with van der Waals surface area (Å²) in [5, 5.41) is 8.92. The molecule has 6 heteroatoms. The Bertz CT molecular complexity index is 498. The number of ether oxygens (including phenoxy) is 1. The predicted octanol–water partition coefficient (Wildman–Crippen LogP) is 3.21. The smallest absolute Gasteiger partial charge is 0.310 e. The molecule has 0 atom stereocenters. The Kier molecular flexibility index (Phi) is 5.47. The molecule has 0 unspecified atom stereocenters. The van der Waals surface area contributed by atoms with E-state index in [0.717, 1.165) is 0 Å². The van der Waals surface area contributed by atoms with Crippen LogP contribution in [0.5, 0.6) is 0 Å². The van der Waals surface area contributed by atoms with Crippen molar-refractivity contribution in [1.29, 1.82) is 5.26 Å². The van der Waals surface area contributed by atoms with E-state index in [1.807, 2.05) is 6.07 Å². The highest BCUT2D eigenvalue weighted by molar-refractivity contribution is 14.1. The van der Waals surface area contributed by atoms with Gasteiger partial charge in [-0.1, -0.05) is 6.07 Å². The quantitative estimate of drug-likeness (QED) is 0.608. The molecular weight excluding hydrogens is 355 g/mol. The van der Waals surface area contributed by atoms with Crippen LogP contribution in [0.1, 0.15) is 30.0 Å². The van der Waals surface area contributed by atoms with Gasteiger partial charge in [0.05, 0.1) is 24.7 Å². The molecule has 0 spiro atoms. The molecule has 0 N–H and O–H groups in total. The Morgan fingerprint density at radius 3 is 2.72 bits per heavy atom. The lowest BCUT2D eigenvalue weighted by molar-refractivity contribution is -0.142. The van der Waals surface area contributed by atoms with Crippen molar-refractivity contribution in [3.05, 3.63) is 32.4 Å². The molecule has 3 nitrogen and oxygen atoms in total. The monoisotopic (exact) mass is 365 g/mol. The zero-order valence-corrected chi connectivity index (χ0v) is 11.7. The minimum atomic E-state index is -2.63. The van der Waals surface area contributed by atoms with Crippen molar-refractivity contribution >= 4 is 28.6 Å². The van der Waals surface area contributed by atoms with Gasteiger partial charge in [0, 0.05) is 9.13 Å². The van der Waals surface area contributed by atoms with E-state index >= 15 is 0 Å². The standard InChI is InChI=1S/C12H10F2INO2/c1-2-18-10(17)5-9-7(6-16)3-4-8(11(9)15)12(13)14/h3-4,12H,2,5H2,1H3. The maximum absolute atomic E-state index is 12.7. The highest BCUT2D eigenvalue weighted by Crippen LogP contribution is 2.29. The first-order chi connectivity index (χ1) is 8.51. The van der Waals surface area contributed by atoms with Gasteiger partial charge in [-0.25, -0.2) is 8.78 Å². The second-order valence-electron chi connectivity index (χ2n) is 3.39. The third-order valence-electron chi connectivity index (χ3n) is 2.26. The molecule has 96 valence electrons. The van der Waals surface area contributed by atoms with E-state index in [2.05, 4.69) is 0 Å². The van der Waals surface area contributed by atoms with Gasteiger partial charge in [-0.3, -0.25) is 4.79 Å². The Morgan fingerprint density at radius 1 is 1.56 bits per heavy atom. The zero-order valence-electron chi connectivity index (χ0n) is 9.54. The first-order valence-electron chi connectivity index (χ1n) is 5.16. The van der Waals surface area contributed by atoms with Gasteiger partial charge in [-0.2, -0.15) is 5.26 Å². The summed E-state index contributed by atoms with van der Waals surface area (Å²) < 4.78 is 30.5. The van der Waals surface area contributed by atoms with Crippen molar-refractivity contribution in [2.75, 3.05) is 6.61 Å². The van der Waals surface area contributed by atoms with Crippen LogP contribution in [-0.2, 0) is 16.0 Å². The summed E-state index contributed by atoms with van der Waals surface area (Å²) in [6.07, 6.45) is -2.80. The maximum Gasteiger partial charge on any atom is 0.310 e. The molecule has 18 heavy (non-hydrogen) atoms. The number of carbonyl (C=O) groups is 1. The van der Waals surface area contributed by atoms with Crippen LogP contribution in [0, 0.1) is 14.9 Å². The zero-order chi connectivity index (χ0) is 13.7. The second kappa shape index (κ2) is 6.64. The molecule has 0 fully saturated rings. The largest absolute Gasteiger partial charge is 0.466 e. The Labute approximate surface area is 117 Å². The van der Waals surface area contributed by atoms with E-state index in [1.165, 1.54) is 12.1 Å². The van der Waals surface area contributed by atoms with Gasteiger partial charge in [0.2, 0.25) is 0 Å². The molecule has 0 bridgehead atoms. The average molecular weight is 365 g/mol. The molecule has 0 aliphatic heterocycles. The van der Waals surface area contributed by atoms with Gasteiger partial charge in [0.25, 0.3) is 6.43 Å². The van der Waals surface area contributed by atoms with Crippen LogP contribution in [0.25, 0.3) is 0 Å². The lowest BCUT2D eigenvalue weighted by Gasteiger charge is -2.11. The van der Waals surface area contributed by atoms with Crippen LogP contribution < -0.4 is 0 Å². The van der Waals surface area contributed by atoms with Gasteiger partial charge < -0.3 is 4.74 Å². The van der Waals surface area contributed by atoms with E-state index in [0.29, 0.717) is 5.56 Å². The van der Waals surface area contributed by atoms with Crippen LogP contribution in [0.4, 0.5) is 8.78 Å². The molecule has 0 aliphatic rings. The number of benzene rings is 1. The van der Waals surface area contributed by atoms with E-state index in [1.54, 1.807) is 29.5 Å². The average Bonchev–Trinajstić information content (AvgIpc) is 2.31. The summed E-state index contributed by atoms with van der Waals surface area (Å²) in [7, 11) is 0. The van der Waals surface area contributed by atoms with Crippen molar-refractivity contribution < 1.29 is 18.3 Å². The molecule has 0 aromatic heterocycles. The van der Waals surface area contributed by atoms with Crippen molar-refractivity contribution in [2.24, 2.45) is 0 Å². The van der Waals surface area contributed by atoms with Crippen LogP contribution in [0.2, 0.25) is 0 Å². The second-order valence-corrected chi connectivity index (χ2v) is 4.47. The minimum Gasteiger partial charge on any atom is -0.466 e. The van der Waals surface area contributed by atoms with Crippen LogP contribution in [-0.4, -0.2) is 12.6 Å². The summed E-state index contributed by atoms with van der Waals surface area (Å²) in [4.78, 5) is 11.4. The molecule has 0 saturated heterocycles. The van der Waals surface area contributed by atoms with Gasteiger partial charge in [-0.05, 0) is 41.1 Å². The summed E-state index contributed by atoms with van der Waals surface area (Å²) >= 11 is 1.73. The first-order valence-corrected chi connectivity index (χ1v) is 6.24. The number of rotatable bonds is 4. The topological polar surface area (TPSA) is 50.1 Å². The lowest BCUT2D eigenvalue weighted by atomic mass is 10.0. The third-order valence-corrected chi connectivity index (χ3v) is 3.53. The van der Waals surface area contributed by atoms with Crippen LogP contribution in [0.3, 0.4) is 0 Å². The van der Waals surface area contributed by atoms with Gasteiger partial charge in [-0.15, -0.1) is 0 Å². The third kappa shape index (κ3) is 3.38. The number of hydrogen-bond donors (Lipinski definition) is 0. The number of nitriles is 1. The Hall–Kier alpha value is -1.23. The first kappa shape index (κ1) is 14.8. The van der Waals surface area contributed by atoms with Crippen molar-refractivity contribution in [2.45, 2.75) is 19.8 Å². The summed E-state index contributed by atoms with van der Waals surface area (Å²) in [6, 6.07) is 4.40. The van der Waals surface area contributed by atoms with Crippen molar-refractivity contribution in [1.82, 2.24) is 0 Å². The molecule has 0 saturated carbocycles. The lowest BCUT2D eigenvalue weighted by Crippen LogP contribution is -2.11. The number of esters is 1. The minimum absolute atomic E-state index is 0.171. The van der Waals surface area contributed by atoms with Crippen molar-refractivity contribution in [3.63, 3.8) is 0 Å². The van der Waals surface area contributed by atoms with Gasteiger partial charge in [0.1, 0.15) is 0 Å². The molecule has 1 aromatic carbocycles. The van der Waals surface area contributed by atoms with E-state index in [4.69, 9.17) is 10.00 Å². The number of nitrogens with zero attached hydrogens (tertiary/aromatic N) is 1. The molecule has 0 amide bonds. The number of alkyl halides is 2. The van der Waals surface area contributed by atoms with E-state index in [9.17, 15) is 13.6 Å². The fourth-order valence-electron chi connectivity index (χ4n) is 1.44. The Balaban J connectivity index is 3.18. The van der Waals surface area contributed by atoms with Gasteiger partial charge >= 0.3 is 5.97 Å². The molecular formula is C12H10F2INO2. The highest BCUT2D eigenvalue weighted by Gasteiger charge is 2.19. The fraction of sp³-hybridized carbons (Fsp3) is 0.333. The molecule has 1 aromatic rings. The summed E-state index contributed by atoms with van der Waals surface area (Å²) in [6.45, 7) is 1.87. The maximum atomic E-state index is 12.7. The van der Waals surface area contributed by atoms with Crippen molar-refractivity contribution in [3.8, 4) is 6.07 Å². The van der Waals surface area contributed by atoms with E-state index in [-0.39, 0.29) is 27.7 Å². The number of halogens is 3. The molecule has 0 radical (unpaired) electrons. The van der Waals surface area contributed by atoms with Gasteiger partial charge in [0.15, 0.2) is 0 Å². The highest BCUT2D eigenvalue weighted by atomic mass is 127. The normalized spacial score (nSPS) is 10.2. The number of hydrogen-bond acceptors (Lipinski definition) is 3. The SMILES string of the molecule is CCOC(=O)Cc1c(C#N)ccc(C(F)F)c1I. The Morgan fingerprint density at radius 2 is 2.22 bits per heavy atom. The molecule has 0 aliphatic carbocycles. The molecule has 0 heterocycles. The number of carbonyl (C=O) groups excluding carboxylic acids is 1. The predicted molar refractivity (Wildman–Crippen MR) is 69.2 cm³/mol. The fourth-order valence-corrected chi connectivity index (χ4v) is 2.34. The van der Waals surface area contributed by atoms with E-state index < -0.39 is 12.4 Å². The van der Waals surface area contributed by atoms with Crippen LogP contribution >= 0.6 is 22.6 Å². The summed E-state index contributed by atoms with van der Waals surface area (Å²) in [5.74, 6) is -0.529.